The number of hydrogen-bond donors (Lipinski definition) is 2. The zero-order valence-electron chi connectivity index (χ0n) is 24.3. The van der Waals surface area contributed by atoms with E-state index in [0.717, 1.165) is 48.4 Å². The first kappa shape index (κ1) is 29.2. The highest BCUT2D eigenvalue weighted by atomic mass is 35.5. The molecular weight excluding hydrogens is 575 g/mol. The van der Waals surface area contributed by atoms with Gasteiger partial charge in [0, 0.05) is 24.6 Å². The number of oxime groups is 1. The highest BCUT2D eigenvalue weighted by molar-refractivity contribution is 6.30. The SMILES string of the molecule is CO[C@H](C)Cn1c(CN2CCC(c3cccc4c3O[C@@](C)(c3ccc(Cl)cc3F)O4)CC2)nc2cc(C(N)=NO)ncc21. The standard InChI is InChI=1S/C31H34ClFN6O4/c1-18(41-3)16-39-26-15-35-25(30(34)37-40)14-24(26)36-28(39)17-38-11-9-19(10-12-38)21-5-4-6-27-29(21)43-31(2,42-27)22-8-7-20(32)13-23(22)33/h4-8,13-15,18-19,40H,9-12,16-17H2,1-3H3,(H2,34,37)/t18-,31+/m1/s1. The fourth-order valence-corrected chi connectivity index (χ4v) is 6.12. The average Bonchev–Trinajstić information content (AvgIpc) is 3.53. The van der Waals surface area contributed by atoms with Crippen molar-refractivity contribution in [3.8, 4) is 11.5 Å². The van der Waals surface area contributed by atoms with Gasteiger partial charge in [0.2, 0.25) is 0 Å². The van der Waals surface area contributed by atoms with Gasteiger partial charge in [-0.25, -0.2) is 9.37 Å². The van der Waals surface area contributed by atoms with E-state index < -0.39 is 11.6 Å². The van der Waals surface area contributed by atoms with Crippen molar-refractivity contribution >= 4 is 28.5 Å². The molecule has 2 aromatic carbocycles. The van der Waals surface area contributed by atoms with Gasteiger partial charge in [-0.1, -0.05) is 28.9 Å². The Morgan fingerprint density at radius 1 is 1.26 bits per heavy atom. The van der Waals surface area contributed by atoms with Crippen LogP contribution in [0.2, 0.25) is 5.02 Å². The molecule has 0 spiro atoms. The fourth-order valence-electron chi connectivity index (χ4n) is 5.96. The van der Waals surface area contributed by atoms with Crippen molar-refractivity contribution in [1.82, 2.24) is 19.4 Å². The lowest BCUT2D eigenvalue weighted by molar-refractivity contribution is -0.0712. The van der Waals surface area contributed by atoms with E-state index in [9.17, 15) is 4.39 Å². The Morgan fingerprint density at radius 2 is 2.05 bits per heavy atom. The van der Waals surface area contributed by atoms with Crippen molar-refractivity contribution in [2.45, 2.75) is 57.6 Å². The van der Waals surface area contributed by atoms with Crippen LogP contribution in [0.1, 0.15) is 55.3 Å². The molecular formula is C31H34ClFN6O4. The van der Waals surface area contributed by atoms with E-state index in [1.807, 2.05) is 19.1 Å². The van der Waals surface area contributed by atoms with Crippen molar-refractivity contribution in [2.24, 2.45) is 10.9 Å². The summed E-state index contributed by atoms with van der Waals surface area (Å²) in [4.78, 5) is 11.7. The van der Waals surface area contributed by atoms with E-state index in [-0.39, 0.29) is 17.9 Å². The molecule has 0 unspecified atom stereocenters. The van der Waals surface area contributed by atoms with Gasteiger partial charge in [0.25, 0.3) is 5.79 Å². The largest absolute Gasteiger partial charge is 0.444 e. The number of benzene rings is 2. The molecule has 4 aromatic rings. The van der Waals surface area contributed by atoms with E-state index in [2.05, 4.69) is 25.7 Å². The minimum absolute atomic E-state index is 0.0277. The third kappa shape index (κ3) is 5.60. The Balaban J connectivity index is 1.19. The maximum Gasteiger partial charge on any atom is 0.278 e. The molecule has 2 aliphatic rings. The van der Waals surface area contributed by atoms with Gasteiger partial charge in [0.05, 0.1) is 42.0 Å². The van der Waals surface area contributed by atoms with Crippen LogP contribution in [0.25, 0.3) is 11.0 Å². The first-order valence-electron chi connectivity index (χ1n) is 14.2. The van der Waals surface area contributed by atoms with Crippen molar-refractivity contribution in [1.29, 1.82) is 0 Å². The van der Waals surface area contributed by atoms with Crippen LogP contribution >= 0.6 is 11.6 Å². The monoisotopic (exact) mass is 608 g/mol. The van der Waals surface area contributed by atoms with E-state index in [4.69, 9.17) is 41.7 Å². The Hall–Kier alpha value is -3.93. The fraction of sp³-hybridized carbons (Fsp3) is 0.387. The summed E-state index contributed by atoms with van der Waals surface area (Å²) in [6.45, 7) is 6.71. The summed E-state index contributed by atoms with van der Waals surface area (Å²) in [6, 6.07) is 12.1. The second-order valence-electron chi connectivity index (χ2n) is 11.2. The number of para-hydroxylation sites is 1. The molecule has 2 aromatic heterocycles. The van der Waals surface area contributed by atoms with Gasteiger partial charge >= 0.3 is 0 Å². The molecule has 6 rings (SSSR count). The number of nitrogens with zero attached hydrogens (tertiary/aromatic N) is 5. The normalized spacial score (nSPS) is 20.2. The summed E-state index contributed by atoms with van der Waals surface area (Å²) >= 11 is 5.97. The van der Waals surface area contributed by atoms with Crippen LogP contribution in [0, 0.1) is 5.82 Å². The Kier molecular flexibility index (Phi) is 7.89. The summed E-state index contributed by atoms with van der Waals surface area (Å²) in [5, 5.41) is 12.5. The van der Waals surface area contributed by atoms with Crippen molar-refractivity contribution in [3.05, 3.63) is 82.1 Å². The number of halogens is 2. The predicted octanol–water partition coefficient (Wildman–Crippen LogP) is 5.38. The molecule has 12 heteroatoms. The van der Waals surface area contributed by atoms with Crippen molar-refractivity contribution in [3.63, 3.8) is 0 Å². The van der Waals surface area contributed by atoms with Gasteiger partial charge in [0.15, 0.2) is 17.3 Å². The smallest absolute Gasteiger partial charge is 0.278 e. The van der Waals surface area contributed by atoms with Crippen LogP contribution in [0.15, 0.2) is 53.8 Å². The summed E-state index contributed by atoms with van der Waals surface area (Å²) in [6.07, 6.45) is 3.50. The third-order valence-electron chi connectivity index (χ3n) is 8.35. The number of rotatable bonds is 8. The number of pyridine rings is 1. The molecule has 1 saturated heterocycles. The molecule has 2 aliphatic heterocycles. The molecule has 43 heavy (non-hydrogen) atoms. The number of methoxy groups -OCH3 is 1. The minimum atomic E-state index is -1.28. The number of imidazole rings is 1. The van der Waals surface area contributed by atoms with Crippen LogP contribution in [-0.2, 0) is 23.6 Å². The summed E-state index contributed by atoms with van der Waals surface area (Å²) in [7, 11) is 1.69. The Bertz CT molecular complexity index is 1690. The molecule has 0 aliphatic carbocycles. The van der Waals surface area contributed by atoms with Gasteiger partial charge < -0.3 is 29.7 Å². The number of hydrogen-bond acceptors (Lipinski definition) is 8. The van der Waals surface area contributed by atoms with Crippen LogP contribution in [-0.4, -0.2) is 56.8 Å². The van der Waals surface area contributed by atoms with Crippen LogP contribution in [0.4, 0.5) is 4.39 Å². The summed E-state index contributed by atoms with van der Waals surface area (Å²) in [5.74, 6) is 0.612. The van der Waals surface area contributed by atoms with E-state index in [0.29, 0.717) is 40.9 Å². The van der Waals surface area contributed by atoms with Gasteiger partial charge in [-0.15, -0.1) is 0 Å². The second-order valence-corrected chi connectivity index (χ2v) is 11.7. The lowest BCUT2D eigenvalue weighted by atomic mass is 9.88. The average molecular weight is 609 g/mol. The highest BCUT2D eigenvalue weighted by Gasteiger charge is 2.43. The number of amidine groups is 1. The van der Waals surface area contributed by atoms with E-state index in [1.54, 1.807) is 38.4 Å². The van der Waals surface area contributed by atoms with Gasteiger partial charge in [0.1, 0.15) is 17.3 Å². The topological polar surface area (TPSA) is 120 Å². The first-order valence-corrected chi connectivity index (χ1v) is 14.6. The summed E-state index contributed by atoms with van der Waals surface area (Å²) in [5.41, 5.74) is 9.09. The predicted molar refractivity (Wildman–Crippen MR) is 160 cm³/mol. The Labute approximate surface area is 253 Å². The van der Waals surface area contributed by atoms with Gasteiger partial charge in [-0.3, -0.25) is 9.88 Å². The maximum atomic E-state index is 14.8. The van der Waals surface area contributed by atoms with Crippen LogP contribution in [0.5, 0.6) is 11.5 Å². The number of aromatic nitrogens is 3. The number of nitrogens with two attached hydrogens (primary N) is 1. The molecule has 0 radical (unpaired) electrons. The highest BCUT2D eigenvalue weighted by Crippen LogP contribution is 2.49. The lowest BCUT2D eigenvalue weighted by Crippen LogP contribution is -2.34. The molecule has 1 fully saturated rings. The quantitative estimate of drug-likeness (QED) is 0.118. The van der Waals surface area contributed by atoms with Crippen LogP contribution in [0.3, 0.4) is 0 Å². The van der Waals surface area contributed by atoms with Gasteiger partial charge in [-0.05, 0) is 69.1 Å². The number of ether oxygens (including phenoxy) is 3. The first-order chi connectivity index (χ1) is 20.7. The molecule has 0 bridgehead atoms. The minimum Gasteiger partial charge on any atom is -0.444 e. The molecule has 2 atom stereocenters. The Morgan fingerprint density at radius 3 is 2.77 bits per heavy atom. The number of fused-ring (bicyclic) bond motifs is 2. The van der Waals surface area contributed by atoms with Crippen molar-refractivity contribution < 1.29 is 23.8 Å². The van der Waals surface area contributed by atoms with E-state index >= 15 is 0 Å². The van der Waals surface area contributed by atoms with Gasteiger partial charge in [-0.2, -0.15) is 0 Å². The summed E-state index contributed by atoms with van der Waals surface area (Å²) < 4.78 is 35.0. The molecule has 10 nitrogen and oxygen atoms in total. The zero-order valence-corrected chi connectivity index (χ0v) is 25.0. The van der Waals surface area contributed by atoms with E-state index in [1.165, 1.54) is 6.07 Å². The second kappa shape index (κ2) is 11.6. The maximum absolute atomic E-state index is 14.8. The molecule has 0 amide bonds. The third-order valence-corrected chi connectivity index (χ3v) is 8.58. The van der Waals surface area contributed by atoms with Crippen LogP contribution < -0.4 is 15.2 Å². The van der Waals surface area contributed by atoms with Crippen molar-refractivity contribution in [2.75, 3.05) is 20.2 Å². The molecule has 4 heterocycles. The number of piperidine rings is 1. The molecule has 226 valence electrons. The zero-order chi connectivity index (χ0) is 30.3. The lowest BCUT2D eigenvalue weighted by Gasteiger charge is -2.32. The number of likely N-dealkylation sites (tertiary alicyclic amines) is 1. The molecule has 0 saturated carbocycles. The molecule has 3 N–H and O–H groups in total.